The number of alkyl halides is 3. The summed E-state index contributed by atoms with van der Waals surface area (Å²) in [6, 6.07) is 8.23. The van der Waals surface area contributed by atoms with Crippen LogP contribution in [0.1, 0.15) is 51.9 Å². The summed E-state index contributed by atoms with van der Waals surface area (Å²) in [6.45, 7) is 3.18. The van der Waals surface area contributed by atoms with E-state index < -0.39 is 11.9 Å². The van der Waals surface area contributed by atoms with E-state index in [0.29, 0.717) is 11.5 Å². The van der Waals surface area contributed by atoms with Gasteiger partial charge in [0.2, 0.25) is 0 Å². The standard InChI is InChI=1S/C19H21F3N4O/c1-12-8-16(19(20,21)22)26-17(25-12)11-24-18(27)14-5-2-4-13(9-14)15-6-3-7-23-10-15/h2,4-5,8-9,15,23H,3,6-7,10-11H2,1H3,(H,24,27)/t15-/m1/s1. The molecular formula is C19H21F3N4O. The van der Waals surface area contributed by atoms with Crippen LogP contribution in [0.4, 0.5) is 13.2 Å². The van der Waals surface area contributed by atoms with Gasteiger partial charge in [0.1, 0.15) is 11.5 Å². The molecule has 27 heavy (non-hydrogen) atoms. The van der Waals surface area contributed by atoms with E-state index in [1.165, 1.54) is 6.92 Å². The predicted molar refractivity (Wildman–Crippen MR) is 94.2 cm³/mol. The number of nitrogens with one attached hydrogen (secondary N) is 2. The van der Waals surface area contributed by atoms with Gasteiger partial charge in [-0.25, -0.2) is 9.97 Å². The van der Waals surface area contributed by atoms with E-state index in [0.717, 1.165) is 37.6 Å². The maximum absolute atomic E-state index is 12.9. The SMILES string of the molecule is Cc1cc(C(F)(F)F)nc(CNC(=O)c2cccc([C@@H]3CCCNC3)c2)n1. The van der Waals surface area contributed by atoms with Crippen molar-refractivity contribution in [1.82, 2.24) is 20.6 Å². The minimum absolute atomic E-state index is 0.0664. The second kappa shape index (κ2) is 8.04. The third kappa shape index (κ3) is 5.03. The fraction of sp³-hybridized carbons (Fsp3) is 0.421. The van der Waals surface area contributed by atoms with Crippen LogP contribution in [0.25, 0.3) is 0 Å². The predicted octanol–water partition coefficient (Wildman–Crippen LogP) is 3.20. The van der Waals surface area contributed by atoms with E-state index in [4.69, 9.17) is 0 Å². The quantitative estimate of drug-likeness (QED) is 0.858. The number of rotatable bonds is 4. The molecule has 1 aromatic carbocycles. The molecule has 0 spiro atoms. The highest BCUT2D eigenvalue weighted by Gasteiger charge is 2.33. The Bertz CT molecular complexity index is 817. The number of carbonyl (C=O) groups excluding carboxylic acids is 1. The molecule has 1 aromatic heterocycles. The average molecular weight is 378 g/mol. The summed E-state index contributed by atoms with van der Waals surface area (Å²) in [5, 5.41) is 5.95. The van der Waals surface area contributed by atoms with Crippen LogP contribution in [-0.2, 0) is 12.7 Å². The lowest BCUT2D eigenvalue weighted by Gasteiger charge is -2.23. The molecule has 0 saturated carbocycles. The average Bonchev–Trinajstić information content (AvgIpc) is 2.66. The molecule has 2 heterocycles. The summed E-state index contributed by atoms with van der Waals surface area (Å²) in [4.78, 5) is 19.9. The molecular weight excluding hydrogens is 357 g/mol. The molecule has 2 aromatic rings. The molecule has 1 amide bonds. The van der Waals surface area contributed by atoms with Crippen molar-refractivity contribution in [3.63, 3.8) is 0 Å². The number of benzene rings is 1. The van der Waals surface area contributed by atoms with Gasteiger partial charge in [-0.3, -0.25) is 4.79 Å². The molecule has 3 rings (SSSR count). The van der Waals surface area contributed by atoms with Crippen LogP contribution in [0, 0.1) is 6.92 Å². The van der Waals surface area contributed by atoms with Gasteiger partial charge < -0.3 is 10.6 Å². The monoisotopic (exact) mass is 378 g/mol. The molecule has 1 saturated heterocycles. The minimum Gasteiger partial charge on any atom is -0.345 e. The van der Waals surface area contributed by atoms with E-state index in [1.807, 2.05) is 18.2 Å². The minimum atomic E-state index is -4.55. The second-order valence-electron chi connectivity index (χ2n) is 6.66. The van der Waals surface area contributed by atoms with Gasteiger partial charge in [-0.15, -0.1) is 0 Å². The Morgan fingerprint density at radius 3 is 2.81 bits per heavy atom. The molecule has 1 fully saturated rings. The number of aryl methyl sites for hydroxylation is 1. The van der Waals surface area contributed by atoms with Gasteiger partial charge in [0.25, 0.3) is 5.91 Å². The normalized spacial score (nSPS) is 17.6. The van der Waals surface area contributed by atoms with Crippen molar-refractivity contribution in [3.05, 3.63) is 58.7 Å². The smallest absolute Gasteiger partial charge is 0.345 e. The van der Waals surface area contributed by atoms with Gasteiger partial charge in [0, 0.05) is 17.8 Å². The Labute approximate surface area is 155 Å². The van der Waals surface area contributed by atoms with Crippen LogP contribution in [-0.4, -0.2) is 29.0 Å². The van der Waals surface area contributed by atoms with Crippen molar-refractivity contribution >= 4 is 5.91 Å². The summed E-state index contributed by atoms with van der Waals surface area (Å²) >= 11 is 0. The lowest BCUT2D eigenvalue weighted by molar-refractivity contribution is -0.141. The number of carbonyl (C=O) groups is 1. The van der Waals surface area contributed by atoms with E-state index in [1.54, 1.807) is 6.07 Å². The number of amides is 1. The van der Waals surface area contributed by atoms with Gasteiger partial charge in [-0.2, -0.15) is 13.2 Å². The Kier molecular flexibility index (Phi) is 5.74. The fourth-order valence-corrected chi connectivity index (χ4v) is 3.19. The largest absolute Gasteiger partial charge is 0.433 e. The summed E-state index contributed by atoms with van der Waals surface area (Å²) < 4.78 is 38.6. The van der Waals surface area contributed by atoms with Crippen molar-refractivity contribution in [3.8, 4) is 0 Å². The van der Waals surface area contributed by atoms with Gasteiger partial charge in [0.15, 0.2) is 0 Å². The van der Waals surface area contributed by atoms with E-state index in [2.05, 4.69) is 20.6 Å². The first-order valence-electron chi connectivity index (χ1n) is 8.83. The number of halogens is 3. The molecule has 0 unspecified atom stereocenters. The van der Waals surface area contributed by atoms with E-state index in [-0.39, 0.29) is 24.0 Å². The maximum Gasteiger partial charge on any atom is 0.433 e. The third-order valence-corrected chi connectivity index (χ3v) is 4.52. The first-order valence-corrected chi connectivity index (χ1v) is 8.83. The Morgan fingerprint density at radius 2 is 2.11 bits per heavy atom. The molecule has 0 aliphatic carbocycles. The zero-order valence-electron chi connectivity index (χ0n) is 14.9. The second-order valence-corrected chi connectivity index (χ2v) is 6.66. The van der Waals surface area contributed by atoms with Crippen LogP contribution in [0.3, 0.4) is 0 Å². The number of piperidine rings is 1. The van der Waals surface area contributed by atoms with Crippen molar-refractivity contribution in [1.29, 1.82) is 0 Å². The highest BCUT2D eigenvalue weighted by atomic mass is 19.4. The molecule has 144 valence electrons. The van der Waals surface area contributed by atoms with Crippen LogP contribution in [0.15, 0.2) is 30.3 Å². The van der Waals surface area contributed by atoms with Crippen molar-refractivity contribution < 1.29 is 18.0 Å². The lowest BCUT2D eigenvalue weighted by atomic mass is 9.90. The Hall–Kier alpha value is -2.48. The van der Waals surface area contributed by atoms with Crippen molar-refractivity contribution in [2.75, 3.05) is 13.1 Å². The molecule has 8 heteroatoms. The van der Waals surface area contributed by atoms with Crippen molar-refractivity contribution in [2.45, 2.75) is 38.4 Å². The molecule has 1 atom stereocenters. The summed E-state index contributed by atoms with van der Waals surface area (Å²) in [7, 11) is 0. The summed E-state index contributed by atoms with van der Waals surface area (Å²) in [5.74, 6) is -0.0662. The highest BCUT2D eigenvalue weighted by molar-refractivity contribution is 5.94. The topological polar surface area (TPSA) is 66.9 Å². The van der Waals surface area contributed by atoms with Gasteiger partial charge in [-0.05, 0) is 56.0 Å². The van der Waals surface area contributed by atoms with Crippen LogP contribution in [0.2, 0.25) is 0 Å². The molecule has 0 radical (unpaired) electrons. The molecule has 5 nitrogen and oxygen atoms in total. The zero-order chi connectivity index (χ0) is 19.4. The number of hydrogen-bond acceptors (Lipinski definition) is 4. The molecule has 2 N–H and O–H groups in total. The number of hydrogen-bond donors (Lipinski definition) is 2. The first-order chi connectivity index (χ1) is 12.8. The van der Waals surface area contributed by atoms with Crippen molar-refractivity contribution in [2.24, 2.45) is 0 Å². The molecule has 0 bridgehead atoms. The van der Waals surface area contributed by atoms with Crippen LogP contribution < -0.4 is 10.6 Å². The third-order valence-electron chi connectivity index (χ3n) is 4.52. The van der Waals surface area contributed by atoms with Gasteiger partial charge in [-0.1, -0.05) is 12.1 Å². The fourth-order valence-electron chi connectivity index (χ4n) is 3.19. The van der Waals surface area contributed by atoms with Crippen LogP contribution in [0.5, 0.6) is 0 Å². The number of nitrogens with zero attached hydrogens (tertiary/aromatic N) is 2. The lowest BCUT2D eigenvalue weighted by Crippen LogP contribution is -2.29. The molecule has 1 aliphatic rings. The Balaban J connectivity index is 1.68. The zero-order valence-corrected chi connectivity index (χ0v) is 14.9. The highest BCUT2D eigenvalue weighted by Crippen LogP contribution is 2.28. The summed E-state index contributed by atoms with van der Waals surface area (Å²) in [5.41, 5.74) is 0.752. The Morgan fingerprint density at radius 1 is 1.30 bits per heavy atom. The maximum atomic E-state index is 12.9. The van der Waals surface area contributed by atoms with Gasteiger partial charge in [0.05, 0.1) is 6.54 Å². The van der Waals surface area contributed by atoms with Gasteiger partial charge >= 0.3 is 6.18 Å². The summed E-state index contributed by atoms with van der Waals surface area (Å²) in [6.07, 6.45) is -2.39. The van der Waals surface area contributed by atoms with E-state index in [9.17, 15) is 18.0 Å². The number of aromatic nitrogens is 2. The molecule has 1 aliphatic heterocycles. The van der Waals surface area contributed by atoms with Crippen LogP contribution >= 0.6 is 0 Å². The first kappa shape index (κ1) is 19.3. The van der Waals surface area contributed by atoms with E-state index >= 15 is 0 Å².